The van der Waals surface area contributed by atoms with E-state index >= 15 is 0 Å². The zero-order chi connectivity index (χ0) is 12.3. The molecule has 0 heterocycles. The molecule has 1 saturated carbocycles. The highest BCUT2D eigenvalue weighted by Gasteiger charge is 2.42. The van der Waals surface area contributed by atoms with Crippen molar-refractivity contribution in [3.63, 3.8) is 0 Å². The van der Waals surface area contributed by atoms with Gasteiger partial charge in [0, 0.05) is 6.08 Å². The van der Waals surface area contributed by atoms with E-state index in [9.17, 15) is 9.90 Å². The Morgan fingerprint density at radius 2 is 2.25 bits per heavy atom. The summed E-state index contributed by atoms with van der Waals surface area (Å²) in [7, 11) is 0. The summed E-state index contributed by atoms with van der Waals surface area (Å²) in [6, 6.07) is 0. The Balaban J connectivity index is 2.64. The first-order chi connectivity index (χ1) is 7.39. The molecule has 0 spiro atoms. The number of aliphatic hydroxyl groups excluding tert-OH is 1. The van der Waals surface area contributed by atoms with E-state index in [-0.39, 0.29) is 0 Å². The fourth-order valence-electron chi connectivity index (χ4n) is 2.29. The first-order valence-corrected chi connectivity index (χ1v) is 5.92. The molecule has 3 atom stereocenters. The summed E-state index contributed by atoms with van der Waals surface area (Å²) in [5.41, 5.74) is -0.739. The normalized spacial score (nSPS) is 34.8. The molecule has 0 radical (unpaired) electrons. The third-order valence-corrected chi connectivity index (χ3v) is 3.69. The lowest BCUT2D eigenvalue weighted by Crippen LogP contribution is -2.48. The molecule has 0 aromatic carbocycles. The lowest BCUT2D eigenvalue weighted by molar-refractivity contribution is -0.174. The van der Waals surface area contributed by atoms with Crippen molar-refractivity contribution < 1.29 is 14.6 Å². The van der Waals surface area contributed by atoms with Gasteiger partial charge in [0.1, 0.15) is 5.60 Å². The molecule has 1 fully saturated rings. The lowest BCUT2D eigenvalue weighted by atomic mass is 9.73. The van der Waals surface area contributed by atoms with Crippen molar-refractivity contribution in [2.75, 3.05) is 0 Å². The standard InChI is InChI=1S/C13H22O3/c1-5-12(15)16-13(4)7-6-10(9(2)3)8-11(13)14/h5,9-11,14H,1,6-8H2,2-4H3. The maximum atomic E-state index is 11.2. The molecule has 3 unspecified atom stereocenters. The van der Waals surface area contributed by atoms with Crippen LogP contribution in [0.25, 0.3) is 0 Å². The van der Waals surface area contributed by atoms with Crippen LogP contribution in [0.15, 0.2) is 12.7 Å². The Morgan fingerprint density at radius 1 is 1.62 bits per heavy atom. The molecule has 92 valence electrons. The predicted molar refractivity (Wildman–Crippen MR) is 62.9 cm³/mol. The Kier molecular flexibility index (Phi) is 4.14. The fraction of sp³-hybridized carbons (Fsp3) is 0.769. The minimum Gasteiger partial charge on any atom is -0.453 e. The highest BCUT2D eigenvalue weighted by Crippen LogP contribution is 2.38. The Morgan fingerprint density at radius 3 is 2.69 bits per heavy atom. The van der Waals surface area contributed by atoms with Crippen LogP contribution in [0.1, 0.15) is 40.0 Å². The zero-order valence-electron chi connectivity index (χ0n) is 10.4. The van der Waals surface area contributed by atoms with Crippen LogP contribution in [-0.4, -0.2) is 22.8 Å². The number of carbonyl (C=O) groups excluding carboxylic acids is 1. The van der Waals surface area contributed by atoms with Crippen molar-refractivity contribution in [1.29, 1.82) is 0 Å². The Hall–Kier alpha value is -0.830. The van der Waals surface area contributed by atoms with E-state index in [4.69, 9.17) is 4.74 Å². The lowest BCUT2D eigenvalue weighted by Gasteiger charge is -2.41. The molecule has 3 heteroatoms. The van der Waals surface area contributed by atoms with Crippen molar-refractivity contribution in [1.82, 2.24) is 0 Å². The van der Waals surface area contributed by atoms with Gasteiger partial charge in [0.2, 0.25) is 0 Å². The first kappa shape index (κ1) is 13.2. The molecule has 16 heavy (non-hydrogen) atoms. The molecule has 0 aromatic heterocycles. The van der Waals surface area contributed by atoms with Crippen molar-refractivity contribution in [3.05, 3.63) is 12.7 Å². The highest BCUT2D eigenvalue weighted by molar-refractivity contribution is 5.81. The number of hydrogen-bond acceptors (Lipinski definition) is 3. The molecule has 0 amide bonds. The minimum absolute atomic E-state index is 0.454. The van der Waals surface area contributed by atoms with Gasteiger partial charge in [-0.25, -0.2) is 4.79 Å². The van der Waals surface area contributed by atoms with Crippen LogP contribution in [0.2, 0.25) is 0 Å². The second-order valence-electron chi connectivity index (χ2n) is 5.23. The van der Waals surface area contributed by atoms with Gasteiger partial charge >= 0.3 is 5.97 Å². The van der Waals surface area contributed by atoms with Gasteiger partial charge in [-0.2, -0.15) is 0 Å². The summed E-state index contributed by atoms with van der Waals surface area (Å²) < 4.78 is 5.26. The van der Waals surface area contributed by atoms with E-state index in [0.717, 1.165) is 18.9 Å². The Bertz CT molecular complexity index is 272. The second-order valence-corrected chi connectivity index (χ2v) is 5.23. The number of esters is 1. The van der Waals surface area contributed by atoms with Crippen molar-refractivity contribution in [2.24, 2.45) is 11.8 Å². The molecule has 0 aliphatic heterocycles. The molecule has 0 bridgehead atoms. The van der Waals surface area contributed by atoms with Gasteiger partial charge in [-0.3, -0.25) is 0 Å². The van der Waals surface area contributed by atoms with E-state index in [1.807, 2.05) is 0 Å². The van der Waals surface area contributed by atoms with Crippen LogP contribution in [0.5, 0.6) is 0 Å². The fourth-order valence-corrected chi connectivity index (χ4v) is 2.29. The maximum absolute atomic E-state index is 11.2. The van der Waals surface area contributed by atoms with Crippen LogP contribution in [-0.2, 0) is 9.53 Å². The van der Waals surface area contributed by atoms with E-state index in [0.29, 0.717) is 18.3 Å². The zero-order valence-corrected chi connectivity index (χ0v) is 10.4. The molecular formula is C13H22O3. The third-order valence-electron chi connectivity index (χ3n) is 3.69. The number of carbonyl (C=O) groups is 1. The third kappa shape index (κ3) is 2.85. The van der Waals surface area contributed by atoms with E-state index < -0.39 is 17.7 Å². The van der Waals surface area contributed by atoms with Crippen LogP contribution in [0, 0.1) is 11.8 Å². The van der Waals surface area contributed by atoms with Crippen molar-refractivity contribution in [2.45, 2.75) is 51.7 Å². The minimum atomic E-state index is -0.739. The number of hydrogen-bond donors (Lipinski definition) is 1. The van der Waals surface area contributed by atoms with Crippen LogP contribution >= 0.6 is 0 Å². The largest absolute Gasteiger partial charge is 0.453 e. The first-order valence-electron chi connectivity index (χ1n) is 5.92. The summed E-state index contributed by atoms with van der Waals surface area (Å²) in [4.78, 5) is 11.2. The van der Waals surface area contributed by atoms with Crippen LogP contribution < -0.4 is 0 Å². The van der Waals surface area contributed by atoms with Crippen molar-refractivity contribution in [3.8, 4) is 0 Å². The van der Waals surface area contributed by atoms with Gasteiger partial charge in [0.05, 0.1) is 6.10 Å². The highest BCUT2D eigenvalue weighted by atomic mass is 16.6. The molecule has 0 aromatic rings. The van der Waals surface area contributed by atoms with Crippen molar-refractivity contribution >= 4 is 5.97 Å². The van der Waals surface area contributed by atoms with E-state index in [2.05, 4.69) is 20.4 Å². The number of ether oxygens (including phenoxy) is 1. The predicted octanol–water partition coefficient (Wildman–Crippen LogP) is 2.29. The van der Waals surface area contributed by atoms with E-state index in [1.165, 1.54) is 0 Å². The van der Waals surface area contributed by atoms with Gasteiger partial charge in [-0.05, 0) is 38.0 Å². The summed E-state index contributed by atoms with van der Waals surface area (Å²) in [6.45, 7) is 9.50. The summed E-state index contributed by atoms with van der Waals surface area (Å²) in [5, 5.41) is 10.1. The smallest absolute Gasteiger partial charge is 0.330 e. The number of aliphatic hydroxyl groups is 1. The molecule has 1 N–H and O–H groups in total. The molecule has 1 aliphatic rings. The maximum Gasteiger partial charge on any atom is 0.330 e. The molecule has 1 rings (SSSR count). The SMILES string of the molecule is C=CC(=O)OC1(C)CCC(C(C)C)CC1O. The molecular weight excluding hydrogens is 204 g/mol. The van der Waals surface area contributed by atoms with Gasteiger partial charge in [0.15, 0.2) is 0 Å². The van der Waals surface area contributed by atoms with E-state index in [1.54, 1.807) is 6.92 Å². The quantitative estimate of drug-likeness (QED) is 0.593. The van der Waals surface area contributed by atoms with Gasteiger partial charge in [-0.15, -0.1) is 0 Å². The Labute approximate surface area is 97.5 Å². The number of rotatable bonds is 3. The summed E-state index contributed by atoms with van der Waals surface area (Å²) in [6.07, 6.45) is 3.00. The molecule has 3 nitrogen and oxygen atoms in total. The second kappa shape index (κ2) is 5.00. The van der Waals surface area contributed by atoms with Crippen LogP contribution in [0.4, 0.5) is 0 Å². The van der Waals surface area contributed by atoms with Crippen LogP contribution in [0.3, 0.4) is 0 Å². The summed E-state index contributed by atoms with van der Waals surface area (Å²) in [5.74, 6) is 0.629. The van der Waals surface area contributed by atoms with Gasteiger partial charge in [-0.1, -0.05) is 20.4 Å². The summed E-state index contributed by atoms with van der Waals surface area (Å²) >= 11 is 0. The topological polar surface area (TPSA) is 46.5 Å². The van der Waals surface area contributed by atoms with Gasteiger partial charge < -0.3 is 9.84 Å². The average molecular weight is 226 g/mol. The molecule has 0 saturated heterocycles. The van der Waals surface area contributed by atoms with Gasteiger partial charge in [0.25, 0.3) is 0 Å². The monoisotopic (exact) mass is 226 g/mol. The average Bonchev–Trinajstić information content (AvgIpc) is 2.21. The molecule has 1 aliphatic carbocycles.